The van der Waals surface area contributed by atoms with Crippen LogP contribution in [-0.2, 0) is 11.4 Å². The van der Waals surface area contributed by atoms with E-state index in [1.807, 2.05) is 0 Å². The molecule has 0 aromatic heterocycles. The molecule has 76 valence electrons. The summed E-state index contributed by atoms with van der Waals surface area (Å²) in [5.41, 5.74) is 1.44. The Hall–Kier alpha value is -0.380. The van der Waals surface area contributed by atoms with E-state index in [-0.39, 0.29) is 12.4 Å². The van der Waals surface area contributed by atoms with E-state index in [4.69, 9.17) is 16.7 Å². The van der Waals surface area contributed by atoms with Gasteiger partial charge in [0.2, 0.25) is 0 Å². The van der Waals surface area contributed by atoms with Gasteiger partial charge in [0.25, 0.3) is 0 Å². The monoisotopic (exact) mass is 276 g/mol. The second-order valence-electron chi connectivity index (χ2n) is 2.97. The Morgan fingerprint density at radius 1 is 1.64 bits per heavy atom. The molecule has 0 spiro atoms. The molecule has 0 fully saturated rings. The maximum Gasteiger partial charge on any atom is 0.147 e. The Morgan fingerprint density at radius 2 is 2.29 bits per heavy atom. The molecule has 0 amide bonds. The third kappa shape index (κ3) is 2.56. The normalized spacial score (nSPS) is 12.6. The average Bonchev–Trinajstić information content (AvgIpc) is 2.16. The lowest BCUT2D eigenvalue weighted by Gasteiger charge is -2.11. The van der Waals surface area contributed by atoms with Crippen molar-refractivity contribution >= 4 is 33.3 Å². The maximum atomic E-state index is 11.2. The van der Waals surface area contributed by atoms with Gasteiger partial charge in [-0.25, -0.2) is 0 Å². The lowest BCUT2D eigenvalue weighted by Crippen LogP contribution is -2.04. The van der Waals surface area contributed by atoms with Crippen LogP contribution in [0.2, 0.25) is 5.02 Å². The van der Waals surface area contributed by atoms with Crippen LogP contribution in [0, 0.1) is 0 Å². The zero-order chi connectivity index (χ0) is 10.7. The highest BCUT2D eigenvalue weighted by Gasteiger charge is 2.16. The van der Waals surface area contributed by atoms with Gasteiger partial charge in [-0.2, -0.15) is 0 Å². The molecule has 0 aliphatic rings. The van der Waals surface area contributed by atoms with Gasteiger partial charge in [0.15, 0.2) is 0 Å². The number of alkyl halides is 1. The van der Waals surface area contributed by atoms with E-state index in [2.05, 4.69) is 15.9 Å². The lowest BCUT2D eigenvalue weighted by atomic mass is 10.0. The first-order valence-electron chi connectivity index (χ1n) is 4.10. The van der Waals surface area contributed by atoms with E-state index in [1.165, 1.54) is 6.92 Å². The lowest BCUT2D eigenvalue weighted by molar-refractivity contribution is -0.116. The quantitative estimate of drug-likeness (QED) is 0.863. The number of aliphatic hydroxyl groups is 1. The van der Waals surface area contributed by atoms with Crippen molar-refractivity contribution < 1.29 is 9.90 Å². The predicted octanol–water partition coefficient (Wildman–Crippen LogP) is 2.86. The molecule has 1 aromatic carbocycles. The molecule has 2 nitrogen and oxygen atoms in total. The van der Waals surface area contributed by atoms with Gasteiger partial charge in [-0.15, -0.1) is 0 Å². The predicted molar refractivity (Wildman–Crippen MR) is 59.7 cm³/mol. The number of Topliss-reactive ketones (excluding diaryl/α,β-unsaturated/α-hetero) is 1. The molecule has 0 saturated carbocycles. The Kier molecular flexibility index (Phi) is 4.11. The van der Waals surface area contributed by atoms with Crippen LogP contribution in [0.1, 0.15) is 22.9 Å². The SMILES string of the molecule is CC(=O)C(Br)c1cc(Cl)ccc1CO. The summed E-state index contributed by atoms with van der Waals surface area (Å²) in [6, 6.07) is 5.10. The maximum absolute atomic E-state index is 11.2. The second-order valence-corrected chi connectivity index (χ2v) is 4.33. The van der Waals surface area contributed by atoms with Crippen LogP contribution in [0.5, 0.6) is 0 Å². The molecule has 1 N–H and O–H groups in total. The summed E-state index contributed by atoms with van der Waals surface area (Å²) in [7, 11) is 0. The molecular formula is C10H10BrClO2. The van der Waals surface area contributed by atoms with Crippen LogP contribution in [0.3, 0.4) is 0 Å². The minimum atomic E-state index is -0.400. The van der Waals surface area contributed by atoms with Crippen molar-refractivity contribution in [3.63, 3.8) is 0 Å². The van der Waals surface area contributed by atoms with Crippen molar-refractivity contribution in [3.05, 3.63) is 34.3 Å². The van der Waals surface area contributed by atoms with Gasteiger partial charge < -0.3 is 5.11 Å². The summed E-state index contributed by atoms with van der Waals surface area (Å²) in [5, 5.41) is 9.62. The van der Waals surface area contributed by atoms with E-state index in [0.29, 0.717) is 10.6 Å². The van der Waals surface area contributed by atoms with Gasteiger partial charge in [-0.3, -0.25) is 4.79 Å². The third-order valence-corrected chi connectivity index (χ3v) is 3.28. The summed E-state index contributed by atoms with van der Waals surface area (Å²) >= 11 is 9.07. The zero-order valence-corrected chi connectivity index (χ0v) is 9.97. The van der Waals surface area contributed by atoms with Gasteiger partial charge in [-0.1, -0.05) is 33.6 Å². The molecule has 0 heterocycles. The molecule has 1 rings (SSSR count). The molecule has 0 aliphatic carbocycles. The number of carbonyl (C=O) groups excluding carboxylic acids is 1. The molecule has 0 saturated heterocycles. The fraction of sp³-hybridized carbons (Fsp3) is 0.300. The topological polar surface area (TPSA) is 37.3 Å². The zero-order valence-electron chi connectivity index (χ0n) is 7.63. The van der Waals surface area contributed by atoms with Gasteiger partial charge >= 0.3 is 0 Å². The first-order chi connectivity index (χ1) is 6.56. The summed E-state index contributed by atoms with van der Waals surface area (Å²) in [6.45, 7) is 1.39. The van der Waals surface area contributed by atoms with Crippen molar-refractivity contribution in [3.8, 4) is 0 Å². The molecular weight excluding hydrogens is 267 g/mol. The Morgan fingerprint density at radius 3 is 2.79 bits per heavy atom. The standard InChI is InChI=1S/C10H10BrClO2/c1-6(14)10(11)9-4-8(12)3-2-7(9)5-13/h2-4,10,13H,5H2,1H3. The van der Waals surface area contributed by atoms with E-state index in [0.717, 1.165) is 5.56 Å². The summed E-state index contributed by atoms with van der Waals surface area (Å²) in [6.07, 6.45) is 0. The number of rotatable bonds is 3. The number of carbonyl (C=O) groups is 1. The van der Waals surface area contributed by atoms with E-state index in [1.54, 1.807) is 18.2 Å². The van der Waals surface area contributed by atoms with Gasteiger partial charge in [0.1, 0.15) is 5.78 Å². The molecule has 0 bridgehead atoms. The molecule has 14 heavy (non-hydrogen) atoms. The van der Waals surface area contributed by atoms with Crippen molar-refractivity contribution in [1.82, 2.24) is 0 Å². The molecule has 1 aromatic rings. The van der Waals surface area contributed by atoms with Gasteiger partial charge in [-0.05, 0) is 30.2 Å². The number of hydrogen-bond acceptors (Lipinski definition) is 2. The fourth-order valence-corrected chi connectivity index (χ4v) is 1.77. The molecule has 1 atom stereocenters. The fourth-order valence-electron chi connectivity index (χ4n) is 1.16. The van der Waals surface area contributed by atoms with Crippen LogP contribution in [0.25, 0.3) is 0 Å². The number of benzene rings is 1. The molecule has 0 aliphatic heterocycles. The van der Waals surface area contributed by atoms with E-state index in [9.17, 15) is 4.79 Å². The summed E-state index contributed by atoms with van der Waals surface area (Å²) in [5.74, 6) is -0.0121. The average molecular weight is 278 g/mol. The summed E-state index contributed by atoms with van der Waals surface area (Å²) in [4.78, 5) is 10.8. The van der Waals surface area contributed by atoms with Crippen molar-refractivity contribution in [2.75, 3.05) is 0 Å². The molecule has 4 heteroatoms. The smallest absolute Gasteiger partial charge is 0.147 e. The van der Waals surface area contributed by atoms with E-state index < -0.39 is 4.83 Å². The van der Waals surface area contributed by atoms with Crippen molar-refractivity contribution in [2.45, 2.75) is 18.4 Å². The minimum absolute atomic E-state index is 0.0121. The summed E-state index contributed by atoms with van der Waals surface area (Å²) < 4.78 is 0. The van der Waals surface area contributed by atoms with Crippen LogP contribution < -0.4 is 0 Å². The second kappa shape index (κ2) is 4.91. The highest BCUT2D eigenvalue weighted by Crippen LogP contribution is 2.29. The Bertz CT molecular complexity index is 352. The highest BCUT2D eigenvalue weighted by molar-refractivity contribution is 9.09. The molecule has 0 radical (unpaired) electrons. The van der Waals surface area contributed by atoms with Crippen LogP contribution in [0.15, 0.2) is 18.2 Å². The Labute approximate surface area is 96.0 Å². The largest absolute Gasteiger partial charge is 0.392 e. The van der Waals surface area contributed by atoms with Crippen LogP contribution >= 0.6 is 27.5 Å². The van der Waals surface area contributed by atoms with Crippen molar-refractivity contribution in [2.24, 2.45) is 0 Å². The first-order valence-corrected chi connectivity index (χ1v) is 5.39. The van der Waals surface area contributed by atoms with Gasteiger partial charge in [0, 0.05) is 5.02 Å². The van der Waals surface area contributed by atoms with Gasteiger partial charge in [0.05, 0.1) is 11.4 Å². The number of aliphatic hydroxyl groups excluding tert-OH is 1. The highest BCUT2D eigenvalue weighted by atomic mass is 79.9. The number of hydrogen-bond donors (Lipinski definition) is 1. The first kappa shape index (κ1) is 11.7. The third-order valence-electron chi connectivity index (χ3n) is 1.91. The molecule has 1 unspecified atom stereocenters. The minimum Gasteiger partial charge on any atom is -0.392 e. The number of ketones is 1. The Balaban J connectivity index is 3.16. The van der Waals surface area contributed by atoms with Crippen LogP contribution in [0.4, 0.5) is 0 Å². The number of halogens is 2. The van der Waals surface area contributed by atoms with Crippen LogP contribution in [-0.4, -0.2) is 10.9 Å². The van der Waals surface area contributed by atoms with Crippen molar-refractivity contribution in [1.29, 1.82) is 0 Å². The van der Waals surface area contributed by atoms with E-state index >= 15 is 0 Å².